The van der Waals surface area contributed by atoms with Crippen LogP contribution in [0.15, 0.2) is 24.3 Å². The van der Waals surface area contributed by atoms with Gasteiger partial charge >= 0.3 is 12.0 Å². The van der Waals surface area contributed by atoms with E-state index in [0.29, 0.717) is 6.42 Å². The number of piperidine rings is 1. The maximum Gasteiger partial charge on any atom is 0.327 e. The summed E-state index contributed by atoms with van der Waals surface area (Å²) in [5.74, 6) is -0.938. The van der Waals surface area contributed by atoms with Crippen LogP contribution in [-0.2, 0) is 11.2 Å². The molecule has 3 rings (SSSR count). The van der Waals surface area contributed by atoms with Crippen LogP contribution in [0.1, 0.15) is 24.8 Å². The number of rotatable bonds is 1. The van der Waals surface area contributed by atoms with Gasteiger partial charge in [-0.05, 0) is 30.9 Å². The molecule has 0 aliphatic carbocycles. The molecule has 1 fully saturated rings. The summed E-state index contributed by atoms with van der Waals surface area (Å²) in [6.07, 6.45) is 3.53. The van der Waals surface area contributed by atoms with E-state index in [1.165, 1.54) is 4.90 Å². The van der Waals surface area contributed by atoms with Crippen LogP contribution in [0, 0.1) is 0 Å². The van der Waals surface area contributed by atoms with Crippen LogP contribution in [0.5, 0.6) is 0 Å². The number of nitrogens with zero attached hydrogens (tertiary/aromatic N) is 2. The fourth-order valence-corrected chi connectivity index (χ4v) is 3.06. The molecule has 1 unspecified atom stereocenters. The normalized spacial score (nSPS) is 21.7. The van der Waals surface area contributed by atoms with E-state index in [0.717, 1.165) is 43.6 Å². The predicted molar refractivity (Wildman–Crippen MR) is 74.9 cm³/mol. The lowest BCUT2D eigenvalue weighted by Gasteiger charge is -2.33. The number of carbonyl (C=O) groups excluding carboxylic acids is 1. The van der Waals surface area contributed by atoms with Crippen molar-refractivity contribution >= 4 is 17.7 Å². The van der Waals surface area contributed by atoms with Crippen LogP contribution in [0.3, 0.4) is 0 Å². The van der Waals surface area contributed by atoms with Crippen LogP contribution in [-0.4, -0.2) is 41.1 Å². The molecule has 0 spiro atoms. The highest BCUT2D eigenvalue weighted by molar-refractivity contribution is 6.01. The average Bonchev–Trinajstić information content (AvgIpc) is 2.87. The van der Waals surface area contributed by atoms with Gasteiger partial charge in [-0.2, -0.15) is 0 Å². The highest BCUT2D eigenvalue weighted by Crippen LogP contribution is 2.33. The van der Waals surface area contributed by atoms with Gasteiger partial charge in [0.05, 0.1) is 0 Å². The molecule has 1 saturated heterocycles. The molecule has 0 bridgehead atoms. The Bertz CT molecular complexity index is 538. The number of fused-ring (bicyclic) bond motifs is 1. The average molecular weight is 274 g/mol. The minimum atomic E-state index is -0.938. The second-order valence-corrected chi connectivity index (χ2v) is 5.39. The Morgan fingerprint density at radius 1 is 1.10 bits per heavy atom. The number of hydrogen-bond donors (Lipinski definition) is 1. The Morgan fingerprint density at radius 3 is 2.50 bits per heavy atom. The quantitative estimate of drug-likeness (QED) is 0.853. The molecule has 2 amide bonds. The molecule has 2 aliphatic rings. The molecule has 5 heteroatoms. The van der Waals surface area contributed by atoms with Gasteiger partial charge in [0.15, 0.2) is 0 Å². The number of aliphatic carboxylic acids is 1. The van der Waals surface area contributed by atoms with E-state index in [2.05, 4.69) is 0 Å². The van der Waals surface area contributed by atoms with Gasteiger partial charge in [0.25, 0.3) is 0 Å². The maximum atomic E-state index is 12.7. The molecule has 2 heterocycles. The van der Waals surface area contributed by atoms with Crippen molar-refractivity contribution in [1.29, 1.82) is 0 Å². The standard InChI is InChI=1S/C15H18N2O3/c18-14(19)13-10-11-6-2-3-7-12(11)17(13)15(20)16-8-4-1-5-9-16/h2-3,6-7,13H,1,4-5,8-10H2,(H,18,19). The number of anilines is 1. The van der Waals surface area contributed by atoms with Gasteiger partial charge < -0.3 is 10.0 Å². The number of amides is 2. The highest BCUT2D eigenvalue weighted by atomic mass is 16.4. The first-order chi connectivity index (χ1) is 9.68. The van der Waals surface area contributed by atoms with E-state index in [4.69, 9.17) is 0 Å². The first kappa shape index (κ1) is 13.0. The second-order valence-electron chi connectivity index (χ2n) is 5.39. The van der Waals surface area contributed by atoms with Gasteiger partial charge in [-0.1, -0.05) is 18.2 Å². The number of carboxylic acids is 1. The topological polar surface area (TPSA) is 60.9 Å². The van der Waals surface area contributed by atoms with Crippen molar-refractivity contribution in [1.82, 2.24) is 4.90 Å². The summed E-state index contributed by atoms with van der Waals surface area (Å²) in [4.78, 5) is 27.4. The molecule has 1 aromatic carbocycles. The summed E-state index contributed by atoms with van der Waals surface area (Å²) in [7, 11) is 0. The minimum Gasteiger partial charge on any atom is -0.480 e. The predicted octanol–water partition coefficient (Wildman–Crippen LogP) is 2.11. The molecular weight excluding hydrogens is 256 g/mol. The Balaban J connectivity index is 1.91. The molecule has 1 N–H and O–H groups in total. The molecule has 1 aromatic rings. The Hall–Kier alpha value is -2.04. The Morgan fingerprint density at radius 2 is 1.80 bits per heavy atom. The first-order valence-corrected chi connectivity index (χ1v) is 7.07. The summed E-state index contributed by atoms with van der Waals surface area (Å²) in [6.45, 7) is 1.45. The van der Waals surface area contributed by atoms with Gasteiger partial charge in [-0.15, -0.1) is 0 Å². The van der Waals surface area contributed by atoms with Crippen molar-refractivity contribution in [3.63, 3.8) is 0 Å². The molecule has 1 atom stereocenters. The van der Waals surface area contributed by atoms with E-state index < -0.39 is 12.0 Å². The molecule has 0 saturated carbocycles. The lowest BCUT2D eigenvalue weighted by atomic mass is 10.1. The molecule has 0 aromatic heterocycles. The van der Waals surface area contributed by atoms with Gasteiger partial charge in [0.1, 0.15) is 6.04 Å². The summed E-state index contributed by atoms with van der Waals surface area (Å²) < 4.78 is 0. The zero-order chi connectivity index (χ0) is 14.1. The zero-order valence-corrected chi connectivity index (χ0v) is 11.3. The molecule has 106 valence electrons. The number of para-hydroxylation sites is 1. The first-order valence-electron chi connectivity index (χ1n) is 7.07. The number of urea groups is 1. The number of likely N-dealkylation sites (tertiary alicyclic amines) is 1. The van der Waals surface area contributed by atoms with E-state index in [1.54, 1.807) is 4.90 Å². The number of carboxylic acid groups (broad SMARTS) is 1. The Labute approximate surface area is 117 Å². The van der Waals surface area contributed by atoms with E-state index in [1.807, 2.05) is 24.3 Å². The largest absolute Gasteiger partial charge is 0.480 e. The van der Waals surface area contributed by atoms with Crippen LogP contribution in [0.2, 0.25) is 0 Å². The van der Waals surface area contributed by atoms with Gasteiger partial charge in [-0.25, -0.2) is 9.59 Å². The van der Waals surface area contributed by atoms with Crippen LogP contribution >= 0.6 is 0 Å². The van der Waals surface area contributed by atoms with Gasteiger partial charge in [0.2, 0.25) is 0 Å². The monoisotopic (exact) mass is 274 g/mol. The molecule has 20 heavy (non-hydrogen) atoms. The molecule has 2 aliphatic heterocycles. The van der Waals surface area contributed by atoms with Crippen molar-refractivity contribution < 1.29 is 14.7 Å². The second kappa shape index (κ2) is 5.15. The summed E-state index contributed by atoms with van der Waals surface area (Å²) in [5, 5.41) is 9.39. The van der Waals surface area contributed by atoms with Crippen LogP contribution < -0.4 is 4.90 Å². The molecule has 5 nitrogen and oxygen atoms in total. The van der Waals surface area contributed by atoms with Crippen molar-refractivity contribution in [2.24, 2.45) is 0 Å². The van der Waals surface area contributed by atoms with Crippen LogP contribution in [0.25, 0.3) is 0 Å². The lowest BCUT2D eigenvalue weighted by Crippen LogP contribution is -2.51. The number of hydrogen-bond acceptors (Lipinski definition) is 2. The lowest BCUT2D eigenvalue weighted by molar-refractivity contribution is -0.138. The smallest absolute Gasteiger partial charge is 0.327 e. The third-order valence-electron chi connectivity index (χ3n) is 4.09. The third-order valence-corrected chi connectivity index (χ3v) is 4.09. The molecule has 0 radical (unpaired) electrons. The number of benzene rings is 1. The van der Waals surface area contributed by atoms with Crippen LogP contribution in [0.4, 0.5) is 10.5 Å². The van der Waals surface area contributed by atoms with Gasteiger partial charge in [-0.3, -0.25) is 4.90 Å². The highest BCUT2D eigenvalue weighted by Gasteiger charge is 2.40. The zero-order valence-electron chi connectivity index (χ0n) is 11.3. The van der Waals surface area contributed by atoms with Crippen molar-refractivity contribution in [3.8, 4) is 0 Å². The fourth-order valence-electron chi connectivity index (χ4n) is 3.06. The van der Waals surface area contributed by atoms with E-state index >= 15 is 0 Å². The SMILES string of the molecule is O=C(O)C1Cc2ccccc2N1C(=O)N1CCCCC1. The van der Waals surface area contributed by atoms with Gasteiger partial charge in [0, 0.05) is 25.2 Å². The summed E-state index contributed by atoms with van der Waals surface area (Å²) >= 11 is 0. The van der Waals surface area contributed by atoms with E-state index in [9.17, 15) is 14.7 Å². The minimum absolute atomic E-state index is 0.165. The van der Waals surface area contributed by atoms with Crippen molar-refractivity contribution in [3.05, 3.63) is 29.8 Å². The van der Waals surface area contributed by atoms with Crippen molar-refractivity contribution in [2.45, 2.75) is 31.7 Å². The number of carbonyl (C=O) groups is 2. The third kappa shape index (κ3) is 2.13. The fraction of sp³-hybridized carbons (Fsp3) is 0.467. The maximum absolute atomic E-state index is 12.7. The molecular formula is C15H18N2O3. The summed E-state index contributed by atoms with van der Waals surface area (Å²) in [6, 6.07) is 6.52. The van der Waals surface area contributed by atoms with Crippen molar-refractivity contribution in [2.75, 3.05) is 18.0 Å². The summed E-state index contributed by atoms with van der Waals surface area (Å²) in [5.41, 5.74) is 1.68. The Kier molecular flexibility index (Phi) is 3.34. The van der Waals surface area contributed by atoms with E-state index in [-0.39, 0.29) is 6.03 Å².